The van der Waals surface area contributed by atoms with Gasteiger partial charge >= 0.3 is 0 Å². The summed E-state index contributed by atoms with van der Waals surface area (Å²) in [5.41, 5.74) is 3.25. The Morgan fingerprint density at radius 3 is 2.88 bits per heavy atom. The summed E-state index contributed by atoms with van der Waals surface area (Å²) in [5.74, 6) is 0.969. The summed E-state index contributed by atoms with van der Waals surface area (Å²) in [6.07, 6.45) is 3.88. The third-order valence-corrected chi connectivity index (χ3v) is 5.86. The fraction of sp³-hybridized carbons (Fsp3) is 0.500. The van der Waals surface area contributed by atoms with Crippen LogP contribution in [0.4, 0.5) is 0 Å². The minimum Gasteiger partial charge on any atom is -0.342 e. The molecule has 2 heterocycles. The topological polar surface area (TPSA) is 45.2 Å². The maximum atomic E-state index is 12.6. The molecule has 1 aliphatic heterocycles. The Bertz CT molecular complexity index is 704. The van der Waals surface area contributed by atoms with Crippen LogP contribution in [-0.4, -0.2) is 42.5 Å². The second kappa shape index (κ2) is 8.59. The molecule has 0 unspecified atom stereocenters. The van der Waals surface area contributed by atoms with Gasteiger partial charge in [-0.25, -0.2) is 4.98 Å². The SMILES string of the molecule is CNCCC1CCN(C(=O)Cc2csc(-c3cccc(C)c3)n2)CC1. The molecular weight excluding hydrogens is 330 g/mol. The van der Waals surface area contributed by atoms with Crippen molar-refractivity contribution in [2.75, 3.05) is 26.7 Å². The number of benzene rings is 1. The van der Waals surface area contributed by atoms with E-state index in [0.29, 0.717) is 6.42 Å². The molecule has 1 aromatic carbocycles. The minimum absolute atomic E-state index is 0.216. The molecule has 0 aliphatic carbocycles. The van der Waals surface area contributed by atoms with Crippen LogP contribution in [0.5, 0.6) is 0 Å². The molecule has 0 saturated carbocycles. The fourth-order valence-electron chi connectivity index (χ4n) is 3.39. The van der Waals surface area contributed by atoms with Gasteiger partial charge in [-0.2, -0.15) is 0 Å². The third-order valence-electron chi connectivity index (χ3n) is 4.92. The number of amides is 1. The van der Waals surface area contributed by atoms with Crippen LogP contribution in [0.15, 0.2) is 29.6 Å². The molecule has 0 bridgehead atoms. The number of nitrogens with one attached hydrogen (secondary N) is 1. The summed E-state index contributed by atoms with van der Waals surface area (Å²) in [5, 5.41) is 6.23. The fourth-order valence-corrected chi connectivity index (χ4v) is 4.20. The minimum atomic E-state index is 0.216. The molecular formula is C20H27N3OS. The van der Waals surface area contributed by atoms with Gasteiger partial charge in [0.1, 0.15) is 5.01 Å². The highest BCUT2D eigenvalue weighted by Crippen LogP contribution is 2.25. The number of rotatable bonds is 6. The molecule has 3 rings (SSSR count). The van der Waals surface area contributed by atoms with E-state index in [4.69, 9.17) is 0 Å². The van der Waals surface area contributed by atoms with Crippen LogP contribution in [0.25, 0.3) is 10.6 Å². The van der Waals surface area contributed by atoms with Crippen LogP contribution in [0.2, 0.25) is 0 Å². The van der Waals surface area contributed by atoms with Crippen molar-refractivity contribution in [2.24, 2.45) is 5.92 Å². The molecule has 2 aromatic rings. The summed E-state index contributed by atoms with van der Waals surface area (Å²) in [7, 11) is 2.00. The van der Waals surface area contributed by atoms with Crippen molar-refractivity contribution in [1.82, 2.24) is 15.2 Å². The summed E-state index contributed by atoms with van der Waals surface area (Å²) in [6.45, 7) is 4.94. The van der Waals surface area contributed by atoms with Crippen LogP contribution >= 0.6 is 11.3 Å². The van der Waals surface area contributed by atoms with Gasteiger partial charge in [-0.1, -0.05) is 23.8 Å². The van der Waals surface area contributed by atoms with Crippen LogP contribution in [0.1, 0.15) is 30.5 Å². The van der Waals surface area contributed by atoms with E-state index >= 15 is 0 Å². The first-order valence-corrected chi connectivity index (χ1v) is 9.97. The number of carbonyl (C=O) groups is 1. The highest BCUT2D eigenvalue weighted by molar-refractivity contribution is 7.13. The van der Waals surface area contributed by atoms with Crippen LogP contribution < -0.4 is 5.32 Å². The number of carbonyl (C=O) groups excluding carboxylic acids is 1. The van der Waals surface area contributed by atoms with E-state index in [1.54, 1.807) is 11.3 Å². The number of piperidine rings is 1. The molecule has 0 spiro atoms. The largest absolute Gasteiger partial charge is 0.342 e. The van der Waals surface area contributed by atoms with Crippen molar-refractivity contribution in [1.29, 1.82) is 0 Å². The number of aryl methyl sites for hydroxylation is 1. The Labute approximate surface area is 154 Å². The predicted molar refractivity (Wildman–Crippen MR) is 104 cm³/mol. The Balaban J connectivity index is 1.54. The van der Waals surface area contributed by atoms with Crippen molar-refractivity contribution in [2.45, 2.75) is 32.6 Å². The first kappa shape index (κ1) is 18.1. The van der Waals surface area contributed by atoms with Crippen LogP contribution in [0, 0.1) is 12.8 Å². The van der Waals surface area contributed by atoms with Crippen molar-refractivity contribution in [3.8, 4) is 10.6 Å². The van der Waals surface area contributed by atoms with Crippen molar-refractivity contribution < 1.29 is 4.79 Å². The lowest BCUT2D eigenvalue weighted by molar-refractivity contribution is -0.131. The van der Waals surface area contributed by atoms with Gasteiger partial charge in [-0.15, -0.1) is 11.3 Å². The van der Waals surface area contributed by atoms with Gasteiger partial charge in [0.15, 0.2) is 0 Å². The lowest BCUT2D eigenvalue weighted by Gasteiger charge is -2.32. The predicted octanol–water partition coefficient (Wildman–Crippen LogP) is 3.51. The lowest BCUT2D eigenvalue weighted by Crippen LogP contribution is -2.39. The van der Waals surface area contributed by atoms with Gasteiger partial charge in [0.25, 0.3) is 0 Å². The molecule has 1 N–H and O–H groups in total. The van der Waals surface area contributed by atoms with Gasteiger partial charge in [0.2, 0.25) is 5.91 Å². The number of hydrogen-bond donors (Lipinski definition) is 1. The standard InChI is InChI=1S/C20H27N3OS/c1-15-4-3-5-17(12-15)20-22-18(14-25-20)13-19(24)23-10-7-16(8-11-23)6-9-21-2/h3-5,12,14,16,21H,6-11,13H2,1-2H3. The number of likely N-dealkylation sites (tertiary alicyclic amines) is 1. The van der Waals surface area contributed by atoms with E-state index in [1.807, 2.05) is 17.3 Å². The number of nitrogens with zero attached hydrogens (tertiary/aromatic N) is 2. The van der Waals surface area contributed by atoms with Gasteiger partial charge < -0.3 is 10.2 Å². The normalized spacial score (nSPS) is 15.5. The van der Waals surface area contributed by atoms with Gasteiger partial charge in [-0.3, -0.25) is 4.79 Å². The highest BCUT2D eigenvalue weighted by Gasteiger charge is 2.23. The maximum Gasteiger partial charge on any atom is 0.228 e. The quantitative estimate of drug-likeness (QED) is 0.860. The molecule has 1 amide bonds. The second-order valence-electron chi connectivity index (χ2n) is 6.91. The van der Waals surface area contributed by atoms with Crippen molar-refractivity contribution >= 4 is 17.2 Å². The maximum absolute atomic E-state index is 12.6. The zero-order valence-corrected chi connectivity index (χ0v) is 15.9. The molecule has 4 nitrogen and oxygen atoms in total. The highest BCUT2D eigenvalue weighted by atomic mass is 32.1. The summed E-state index contributed by atoms with van der Waals surface area (Å²) >= 11 is 1.62. The molecule has 5 heteroatoms. The number of aromatic nitrogens is 1. The summed E-state index contributed by atoms with van der Waals surface area (Å²) in [6, 6.07) is 8.35. The zero-order valence-electron chi connectivity index (χ0n) is 15.1. The Hall–Kier alpha value is -1.72. The smallest absolute Gasteiger partial charge is 0.228 e. The average Bonchev–Trinajstić information content (AvgIpc) is 3.09. The number of thiazole rings is 1. The first-order valence-electron chi connectivity index (χ1n) is 9.09. The molecule has 0 atom stereocenters. The third kappa shape index (κ3) is 4.89. The molecule has 1 fully saturated rings. The average molecular weight is 358 g/mol. The Kier molecular flexibility index (Phi) is 6.21. The van der Waals surface area contributed by atoms with E-state index in [9.17, 15) is 4.79 Å². The molecule has 0 radical (unpaired) electrons. The molecule has 1 saturated heterocycles. The first-order chi connectivity index (χ1) is 12.2. The molecule has 1 aromatic heterocycles. The van der Waals surface area contributed by atoms with Crippen molar-refractivity contribution in [3.63, 3.8) is 0 Å². The van der Waals surface area contributed by atoms with Crippen molar-refractivity contribution in [3.05, 3.63) is 40.9 Å². The molecule has 25 heavy (non-hydrogen) atoms. The van der Waals surface area contributed by atoms with E-state index in [1.165, 1.54) is 12.0 Å². The molecule has 134 valence electrons. The van der Waals surface area contributed by atoms with E-state index in [2.05, 4.69) is 41.5 Å². The summed E-state index contributed by atoms with van der Waals surface area (Å²) in [4.78, 5) is 19.3. The Morgan fingerprint density at radius 2 is 2.16 bits per heavy atom. The van der Waals surface area contributed by atoms with E-state index in [0.717, 1.165) is 54.7 Å². The van der Waals surface area contributed by atoms with Crippen LogP contribution in [-0.2, 0) is 11.2 Å². The lowest BCUT2D eigenvalue weighted by atomic mass is 9.93. The monoisotopic (exact) mass is 357 g/mol. The second-order valence-corrected chi connectivity index (χ2v) is 7.76. The van der Waals surface area contributed by atoms with E-state index in [-0.39, 0.29) is 5.91 Å². The van der Waals surface area contributed by atoms with Gasteiger partial charge in [0, 0.05) is 24.0 Å². The Morgan fingerprint density at radius 1 is 1.36 bits per heavy atom. The zero-order chi connectivity index (χ0) is 17.6. The van der Waals surface area contributed by atoms with E-state index < -0.39 is 0 Å². The number of hydrogen-bond acceptors (Lipinski definition) is 4. The van der Waals surface area contributed by atoms with Gasteiger partial charge in [-0.05, 0) is 51.8 Å². The van der Waals surface area contributed by atoms with Gasteiger partial charge in [0.05, 0.1) is 12.1 Å². The summed E-state index contributed by atoms with van der Waals surface area (Å²) < 4.78 is 0. The molecule has 1 aliphatic rings. The van der Waals surface area contributed by atoms with Crippen LogP contribution in [0.3, 0.4) is 0 Å².